The Labute approximate surface area is 126 Å². The fourth-order valence-corrected chi connectivity index (χ4v) is 1.99. The Hall–Kier alpha value is -1.58. The first-order valence-electron chi connectivity index (χ1n) is 5.49. The molecule has 1 aromatic heterocycles. The first-order chi connectivity index (χ1) is 9.34. The number of hydrogen-bond acceptors (Lipinski definition) is 2. The second-order valence-corrected chi connectivity index (χ2v) is 5.23. The van der Waals surface area contributed by atoms with Gasteiger partial charge in [-0.3, -0.25) is 9.48 Å². The van der Waals surface area contributed by atoms with Crippen LogP contribution in [0.4, 0.5) is 18.9 Å². The summed E-state index contributed by atoms with van der Waals surface area (Å²) in [7, 11) is 0. The van der Waals surface area contributed by atoms with Crippen molar-refractivity contribution < 1.29 is 18.0 Å². The molecule has 0 unspecified atom stereocenters. The number of halogens is 4. The molecule has 0 aliphatic rings. The summed E-state index contributed by atoms with van der Waals surface area (Å²) in [5, 5.41) is 6.33. The lowest BCUT2D eigenvalue weighted by molar-refractivity contribution is -0.137. The van der Waals surface area contributed by atoms with Gasteiger partial charge in [-0.05, 0) is 40.8 Å². The number of hydrogen-bond donors (Lipinski definition) is 1. The molecule has 2 rings (SSSR count). The van der Waals surface area contributed by atoms with E-state index in [1.807, 2.05) is 22.6 Å². The van der Waals surface area contributed by atoms with Gasteiger partial charge in [-0.2, -0.15) is 18.3 Å². The van der Waals surface area contributed by atoms with Crippen molar-refractivity contribution in [1.29, 1.82) is 0 Å². The first kappa shape index (κ1) is 14.8. The summed E-state index contributed by atoms with van der Waals surface area (Å²) >= 11 is 2.04. The lowest BCUT2D eigenvalue weighted by Crippen LogP contribution is -2.19. The van der Waals surface area contributed by atoms with Crippen LogP contribution in [0.5, 0.6) is 0 Å². The Morgan fingerprint density at radius 3 is 2.75 bits per heavy atom. The lowest BCUT2D eigenvalue weighted by atomic mass is 10.2. The number of nitrogens with zero attached hydrogens (tertiary/aromatic N) is 2. The van der Waals surface area contributed by atoms with Gasteiger partial charge in [0.2, 0.25) is 5.91 Å². The Kier molecular flexibility index (Phi) is 4.31. The highest BCUT2D eigenvalue weighted by molar-refractivity contribution is 14.1. The predicted molar refractivity (Wildman–Crippen MR) is 75.0 cm³/mol. The highest BCUT2D eigenvalue weighted by atomic mass is 127. The average molecular weight is 395 g/mol. The molecule has 1 aromatic carbocycles. The summed E-state index contributed by atoms with van der Waals surface area (Å²) in [6.45, 7) is -0.0563. The van der Waals surface area contributed by atoms with Gasteiger partial charge in [-0.15, -0.1) is 0 Å². The SMILES string of the molecule is O=C(Cn1cc(I)cn1)Nc1cccc(C(F)(F)F)c1. The first-order valence-corrected chi connectivity index (χ1v) is 6.57. The van der Waals surface area contributed by atoms with Gasteiger partial charge in [0.15, 0.2) is 0 Å². The van der Waals surface area contributed by atoms with Gasteiger partial charge in [-0.25, -0.2) is 0 Å². The number of aromatic nitrogens is 2. The van der Waals surface area contributed by atoms with Gasteiger partial charge in [0.05, 0.1) is 15.3 Å². The third-order valence-electron chi connectivity index (χ3n) is 2.38. The Morgan fingerprint density at radius 2 is 2.15 bits per heavy atom. The molecule has 0 saturated carbocycles. The largest absolute Gasteiger partial charge is 0.416 e. The number of carbonyl (C=O) groups excluding carboxylic acids is 1. The average Bonchev–Trinajstić information content (AvgIpc) is 2.73. The van der Waals surface area contributed by atoms with E-state index in [2.05, 4.69) is 10.4 Å². The molecule has 106 valence electrons. The zero-order chi connectivity index (χ0) is 14.8. The molecule has 0 aliphatic heterocycles. The highest BCUT2D eigenvalue weighted by Gasteiger charge is 2.30. The Bertz CT molecular complexity index is 624. The second kappa shape index (κ2) is 5.81. The molecule has 8 heteroatoms. The molecule has 1 heterocycles. The molecule has 20 heavy (non-hydrogen) atoms. The van der Waals surface area contributed by atoms with Gasteiger partial charge >= 0.3 is 6.18 Å². The van der Waals surface area contributed by atoms with E-state index in [9.17, 15) is 18.0 Å². The maximum atomic E-state index is 12.5. The van der Waals surface area contributed by atoms with Gasteiger partial charge < -0.3 is 5.32 Å². The van der Waals surface area contributed by atoms with Crippen LogP contribution in [0.1, 0.15) is 5.56 Å². The van der Waals surface area contributed by atoms with E-state index >= 15 is 0 Å². The molecule has 0 aliphatic carbocycles. The predicted octanol–water partition coefficient (Wildman–Crippen LogP) is 3.15. The minimum Gasteiger partial charge on any atom is -0.324 e. The number of carbonyl (C=O) groups is 1. The summed E-state index contributed by atoms with van der Waals surface area (Å²) in [6.07, 6.45) is -1.19. The molecule has 0 fully saturated rings. The van der Waals surface area contributed by atoms with Gasteiger partial charge in [0.1, 0.15) is 6.54 Å². The van der Waals surface area contributed by atoms with Gasteiger partial charge in [0, 0.05) is 11.9 Å². The van der Waals surface area contributed by atoms with Crippen molar-refractivity contribution in [3.8, 4) is 0 Å². The fourth-order valence-electron chi connectivity index (χ4n) is 1.55. The topological polar surface area (TPSA) is 46.9 Å². The number of amides is 1. The van der Waals surface area contributed by atoms with Crippen LogP contribution in [-0.4, -0.2) is 15.7 Å². The minimum absolute atomic E-state index is 0.0563. The number of alkyl halides is 3. The summed E-state index contributed by atoms with van der Waals surface area (Å²) in [5.41, 5.74) is -0.699. The van der Waals surface area contributed by atoms with Crippen LogP contribution in [0.2, 0.25) is 0 Å². The van der Waals surface area contributed by atoms with Crippen molar-refractivity contribution in [2.45, 2.75) is 12.7 Å². The molecule has 0 spiro atoms. The van der Waals surface area contributed by atoms with Crippen LogP contribution in [0, 0.1) is 3.57 Å². The molecular formula is C12H9F3IN3O. The number of benzene rings is 1. The number of nitrogens with one attached hydrogen (secondary N) is 1. The van der Waals surface area contributed by atoms with E-state index < -0.39 is 17.6 Å². The van der Waals surface area contributed by atoms with Crippen LogP contribution in [-0.2, 0) is 17.5 Å². The van der Waals surface area contributed by atoms with E-state index in [0.29, 0.717) is 0 Å². The molecule has 0 atom stereocenters. The van der Waals surface area contributed by atoms with Gasteiger partial charge in [-0.1, -0.05) is 6.07 Å². The minimum atomic E-state index is -4.43. The third kappa shape index (κ3) is 3.95. The normalized spacial score (nSPS) is 11.4. The molecule has 0 radical (unpaired) electrons. The summed E-state index contributed by atoms with van der Waals surface area (Å²) in [6, 6.07) is 4.49. The Morgan fingerprint density at radius 1 is 1.40 bits per heavy atom. The summed E-state index contributed by atoms with van der Waals surface area (Å²) < 4.78 is 39.9. The zero-order valence-corrected chi connectivity index (χ0v) is 12.1. The summed E-state index contributed by atoms with van der Waals surface area (Å²) in [4.78, 5) is 11.7. The van der Waals surface area contributed by atoms with E-state index in [0.717, 1.165) is 15.7 Å². The monoisotopic (exact) mass is 395 g/mol. The fraction of sp³-hybridized carbons (Fsp3) is 0.167. The van der Waals surface area contributed by atoms with Crippen LogP contribution >= 0.6 is 22.6 Å². The summed E-state index contributed by atoms with van der Waals surface area (Å²) in [5.74, 6) is -0.441. The molecule has 2 aromatic rings. The quantitative estimate of drug-likeness (QED) is 0.812. The maximum absolute atomic E-state index is 12.5. The van der Waals surface area contributed by atoms with Gasteiger partial charge in [0.25, 0.3) is 0 Å². The second-order valence-electron chi connectivity index (χ2n) is 3.98. The Balaban J connectivity index is 2.04. The standard InChI is InChI=1S/C12H9F3IN3O/c13-12(14,15)8-2-1-3-10(4-8)18-11(20)7-19-6-9(16)5-17-19/h1-6H,7H2,(H,18,20). The molecule has 0 bridgehead atoms. The van der Waals surface area contributed by atoms with Crippen molar-refractivity contribution in [1.82, 2.24) is 9.78 Å². The van der Waals surface area contributed by atoms with Crippen LogP contribution in [0.15, 0.2) is 36.7 Å². The van der Waals surface area contributed by atoms with E-state index in [4.69, 9.17) is 0 Å². The molecule has 0 saturated heterocycles. The number of anilines is 1. The third-order valence-corrected chi connectivity index (χ3v) is 2.94. The maximum Gasteiger partial charge on any atom is 0.416 e. The lowest BCUT2D eigenvalue weighted by Gasteiger charge is -2.09. The highest BCUT2D eigenvalue weighted by Crippen LogP contribution is 2.30. The van der Waals surface area contributed by atoms with Crippen molar-refractivity contribution in [3.63, 3.8) is 0 Å². The van der Waals surface area contributed by atoms with Crippen molar-refractivity contribution in [3.05, 3.63) is 45.8 Å². The van der Waals surface area contributed by atoms with Crippen LogP contribution < -0.4 is 5.32 Å². The van der Waals surface area contributed by atoms with Crippen molar-refractivity contribution in [2.24, 2.45) is 0 Å². The van der Waals surface area contributed by atoms with Crippen LogP contribution in [0.3, 0.4) is 0 Å². The van der Waals surface area contributed by atoms with Crippen molar-refractivity contribution >= 4 is 34.2 Å². The molecule has 4 nitrogen and oxygen atoms in total. The molecular weight excluding hydrogens is 386 g/mol. The number of rotatable bonds is 3. The van der Waals surface area contributed by atoms with Crippen LogP contribution in [0.25, 0.3) is 0 Å². The smallest absolute Gasteiger partial charge is 0.324 e. The van der Waals surface area contributed by atoms with Crippen molar-refractivity contribution in [2.75, 3.05) is 5.32 Å². The van der Waals surface area contributed by atoms with E-state index in [1.165, 1.54) is 16.8 Å². The van der Waals surface area contributed by atoms with E-state index in [-0.39, 0.29) is 12.2 Å². The van der Waals surface area contributed by atoms with E-state index in [1.54, 1.807) is 12.4 Å². The molecule has 1 amide bonds. The zero-order valence-electron chi connectivity index (χ0n) is 9.99. The molecule has 1 N–H and O–H groups in total.